The topological polar surface area (TPSA) is 84.0 Å². The maximum absolute atomic E-state index is 12.0. The molecule has 1 aliphatic rings. The van der Waals surface area contributed by atoms with Gasteiger partial charge in [0.15, 0.2) is 17.5 Å². The van der Waals surface area contributed by atoms with Crippen molar-refractivity contribution in [3.63, 3.8) is 0 Å². The van der Waals surface area contributed by atoms with Crippen molar-refractivity contribution >= 4 is 17.6 Å². The summed E-state index contributed by atoms with van der Waals surface area (Å²) in [5.74, 6) is 1.90. The van der Waals surface area contributed by atoms with Gasteiger partial charge in [-0.05, 0) is 36.6 Å². The first kappa shape index (κ1) is 21.5. The average molecular weight is 411 g/mol. The zero-order valence-electron chi connectivity index (χ0n) is 17.7. The molecular formula is C23H30N4O3. The quantitative estimate of drug-likeness (QED) is 0.482. The van der Waals surface area contributed by atoms with Crippen molar-refractivity contribution in [2.75, 3.05) is 31.6 Å². The number of ether oxygens (including phenoxy) is 2. The van der Waals surface area contributed by atoms with Crippen LogP contribution in [0.4, 0.5) is 5.69 Å². The van der Waals surface area contributed by atoms with Crippen LogP contribution in [0.1, 0.15) is 30.9 Å². The summed E-state index contributed by atoms with van der Waals surface area (Å²) in [6, 6.07) is 13.8. The summed E-state index contributed by atoms with van der Waals surface area (Å²) in [7, 11) is 0. The monoisotopic (exact) mass is 410 g/mol. The third kappa shape index (κ3) is 6.40. The smallest absolute Gasteiger partial charge is 0.239 e. The maximum atomic E-state index is 12.0. The number of hydrogen-bond donors (Lipinski definition) is 3. The number of benzene rings is 2. The molecular weight excluding hydrogens is 380 g/mol. The summed E-state index contributed by atoms with van der Waals surface area (Å²) < 4.78 is 11.5. The van der Waals surface area contributed by atoms with Crippen LogP contribution in [-0.2, 0) is 11.3 Å². The number of aliphatic imine (C=N–C) groups is 1. The Hall–Kier alpha value is -3.22. The summed E-state index contributed by atoms with van der Waals surface area (Å²) in [4.78, 5) is 16.7. The zero-order valence-corrected chi connectivity index (χ0v) is 17.7. The highest BCUT2D eigenvalue weighted by Gasteiger charge is 2.12. The van der Waals surface area contributed by atoms with E-state index in [4.69, 9.17) is 9.47 Å². The van der Waals surface area contributed by atoms with E-state index >= 15 is 0 Å². The van der Waals surface area contributed by atoms with Crippen molar-refractivity contribution in [2.24, 2.45) is 4.99 Å². The number of nitrogens with zero attached hydrogens (tertiary/aromatic N) is 1. The molecule has 1 amide bonds. The van der Waals surface area contributed by atoms with Crippen LogP contribution in [0.15, 0.2) is 47.5 Å². The molecule has 1 heterocycles. The Bertz CT molecular complexity index is 883. The molecule has 0 spiro atoms. The molecule has 7 heteroatoms. The number of carbonyl (C=O) groups is 1. The van der Waals surface area contributed by atoms with Crippen LogP contribution in [0.5, 0.6) is 11.5 Å². The van der Waals surface area contributed by atoms with E-state index in [1.807, 2.05) is 37.3 Å². The fraction of sp³-hybridized carbons (Fsp3) is 0.391. The van der Waals surface area contributed by atoms with Crippen LogP contribution in [0.25, 0.3) is 0 Å². The van der Waals surface area contributed by atoms with Gasteiger partial charge in [0, 0.05) is 24.7 Å². The second-order valence-electron chi connectivity index (χ2n) is 7.13. The fourth-order valence-electron chi connectivity index (χ4n) is 2.96. The van der Waals surface area contributed by atoms with E-state index in [-0.39, 0.29) is 12.5 Å². The number of amides is 1. The Kier molecular flexibility index (Phi) is 7.94. The first-order chi connectivity index (χ1) is 14.7. The summed E-state index contributed by atoms with van der Waals surface area (Å²) >= 11 is 0. The minimum Gasteiger partial charge on any atom is -0.490 e. The highest BCUT2D eigenvalue weighted by atomic mass is 16.5. The van der Waals surface area contributed by atoms with E-state index in [9.17, 15) is 4.79 Å². The molecule has 0 aromatic heterocycles. The molecule has 2 aromatic carbocycles. The van der Waals surface area contributed by atoms with Gasteiger partial charge in [0.25, 0.3) is 0 Å². The highest BCUT2D eigenvalue weighted by Crippen LogP contribution is 2.32. The number of hydrogen-bond acceptors (Lipinski definition) is 4. The first-order valence-corrected chi connectivity index (χ1v) is 10.4. The lowest BCUT2D eigenvalue weighted by atomic mass is 10.1. The number of guanidine groups is 1. The fourth-order valence-corrected chi connectivity index (χ4v) is 2.96. The number of fused-ring (bicyclic) bond motifs is 1. The molecule has 3 rings (SSSR count). The lowest BCUT2D eigenvalue weighted by molar-refractivity contribution is -0.119. The second kappa shape index (κ2) is 11.1. The number of aryl methyl sites for hydroxylation is 1. The van der Waals surface area contributed by atoms with Gasteiger partial charge in [-0.3, -0.25) is 4.79 Å². The third-order valence-electron chi connectivity index (χ3n) is 4.67. The van der Waals surface area contributed by atoms with Gasteiger partial charge in [0.1, 0.15) is 0 Å². The van der Waals surface area contributed by atoms with Crippen molar-refractivity contribution in [2.45, 2.75) is 33.2 Å². The van der Waals surface area contributed by atoms with Crippen LogP contribution in [0.3, 0.4) is 0 Å². The van der Waals surface area contributed by atoms with Crippen LogP contribution < -0.4 is 25.4 Å². The highest BCUT2D eigenvalue weighted by molar-refractivity contribution is 5.96. The van der Waals surface area contributed by atoms with Crippen molar-refractivity contribution < 1.29 is 14.3 Å². The van der Waals surface area contributed by atoms with Gasteiger partial charge in [-0.1, -0.05) is 31.2 Å². The molecule has 3 N–H and O–H groups in total. The number of rotatable bonds is 7. The van der Waals surface area contributed by atoms with Crippen LogP contribution >= 0.6 is 0 Å². The van der Waals surface area contributed by atoms with Gasteiger partial charge in [-0.25, -0.2) is 4.99 Å². The van der Waals surface area contributed by atoms with Gasteiger partial charge < -0.3 is 25.4 Å². The summed E-state index contributed by atoms with van der Waals surface area (Å²) in [5, 5.41) is 9.25. The minimum absolute atomic E-state index is 0.0686. The summed E-state index contributed by atoms with van der Waals surface area (Å²) in [5.41, 5.74) is 3.12. The first-order valence-electron chi connectivity index (χ1n) is 10.4. The number of anilines is 1. The Balaban J connectivity index is 1.73. The van der Waals surface area contributed by atoms with Crippen molar-refractivity contribution in [3.05, 3.63) is 53.6 Å². The Morgan fingerprint density at radius 1 is 1.07 bits per heavy atom. The van der Waals surface area contributed by atoms with Crippen molar-refractivity contribution in [3.8, 4) is 11.5 Å². The molecule has 0 unspecified atom stereocenters. The zero-order chi connectivity index (χ0) is 21.2. The van der Waals surface area contributed by atoms with Crippen LogP contribution in [0.2, 0.25) is 0 Å². The SMILES string of the molecule is CCCNC(=O)CNC(=NCc1ccccc1C)Nc1ccc2c(c1)OCCCO2. The average Bonchev–Trinajstić information content (AvgIpc) is 3.00. The predicted octanol–water partition coefficient (Wildman–Crippen LogP) is 3.24. The summed E-state index contributed by atoms with van der Waals surface area (Å²) in [6.07, 6.45) is 1.75. The lowest BCUT2D eigenvalue weighted by Crippen LogP contribution is -2.40. The Labute approximate surface area is 177 Å². The molecule has 0 aliphatic carbocycles. The lowest BCUT2D eigenvalue weighted by Gasteiger charge is -2.15. The molecule has 160 valence electrons. The Morgan fingerprint density at radius 2 is 1.87 bits per heavy atom. The third-order valence-corrected chi connectivity index (χ3v) is 4.67. The van der Waals surface area contributed by atoms with E-state index in [0.29, 0.717) is 38.0 Å². The van der Waals surface area contributed by atoms with E-state index in [1.54, 1.807) is 0 Å². The van der Waals surface area contributed by atoms with Gasteiger partial charge >= 0.3 is 0 Å². The minimum atomic E-state index is -0.0686. The maximum Gasteiger partial charge on any atom is 0.239 e. The summed E-state index contributed by atoms with van der Waals surface area (Å²) in [6.45, 7) is 6.67. The van der Waals surface area contributed by atoms with Gasteiger partial charge in [-0.15, -0.1) is 0 Å². The van der Waals surface area contributed by atoms with Crippen molar-refractivity contribution in [1.29, 1.82) is 0 Å². The van der Waals surface area contributed by atoms with Crippen LogP contribution in [0, 0.1) is 6.92 Å². The molecule has 0 atom stereocenters. The molecule has 2 aromatic rings. The van der Waals surface area contributed by atoms with E-state index in [1.165, 1.54) is 5.56 Å². The molecule has 30 heavy (non-hydrogen) atoms. The van der Waals surface area contributed by atoms with E-state index < -0.39 is 0 Å². The largest absolute Gasteiger partial charge is 0.490 e. The second-order valence-corrected chi connectivity index (χ2v) is 7.13. The molecule has 0 bridgehead atoms. The van der Waals surface area contributed by atoms with E-state index in [2.05, 4.69) is 40.0 Å². The molecule has 0 saturated carbocycles. The van der Waals surface area contributed by atoms with Crippen molar-refractivity contribution in [1.82, 2.24) is 10.6 Å². The standard InChI is InChI=1S/C23H30N4O3/c1-3-11-24-22(28)16-26-23(25-15-18-8-5-4-7-17(18)2)27-19-9-10-20-21(14-19)30-13-6-12-29-20/h4-5,7-10,14H,3,6,11-13,15-16H2,1-2H3,(H,24,28)(H2,25,26,27). The van der Waals surface area contributed by atoms with Gasteiger partial charge in [0.05, 0.1) is 26.3 Å². The number of nitrogens with one attached hydrogen (secondary N) is 3. The molecule has 7 nitrogen and oxygen atoms in total. The molecule has 0 fully saturated rings. The van der Waals surface area contributed by atoms with Gasteiger partial charge in [-0.2, -0.15) is 0 Å². The Morgan fingerprint density at radius 3 is 2.67 bits per heavy atom. The molecule has 0 radical (unpaired) electrons. The molecule has 0 saturated heterocycles. The predicted molar refractivity (Wildman–Crippen MR) is 119 cm³/mol. The van der Waals surface area contributed by atoms with E-state index in [0.717, 1.165) is 29.8 Å². The molecule has 1 aliphatic heterocycles. The van der Waals surface area contributed by atoms with Gasteiger partial charge in [0.2, 0.25) is 5.91 Å². The van der Waals surface area contributed by atoms with Crippen LogP contribution in [-0.4, -0.2) is 38.2 Å². The number of carbonyl (C=O) groups excluding carboxylic acids is 1. The normalized spacial score (nSPS) is 13.3.